The number of ether oxygens (including phenoxy) is 3. The molecule has 124 valence electrons. The Morgan fingerprint density at radius 2 is 1.71 bits per heavy atom. The van der Waals surface area contributed by atoms with Gasteiger partial charge < -0.3 is 14.2 Å². The molecule has 4 heteroatoms. The summed E-state index contributed by atoms with van der Waals surface area (Å²) in [5.41, 5.74) is 1.38. The first-order valence-electron chi connectivity index (χ1n) is 7.46. The van der Waals surface area contributed by atoms with Crippen LogP contribution >= 0.6 is 0 Å². The van der Waals surface area contributed by atoms with Crippen LogP contribution in [0, 0.1) is 0 Å². The molecule has 0 atom stereocenters. The van der Waals surface area contributed by atoms with Gasteiger partial charge in [0.2, 0.25) is 0 Å². The molecule has 24 heavy (non-hydrogen) atoms. The molecule has 0 aliphatic carbocycles. The van der Waals surface area contributed by atoms with E-state index in [0.717, 1.165) is 11.3 Å². The summed E-state index contributed by atoms with van der Waals surface area (Å²) in [6.45, 7) is 3.93. The highest BCUT2D eigenvalue weighted by atomic mass is 16.5. The first kappa shape index (κ1) is 17.3. The van der Waals surface area contributed by atoms with Gasteiger partial charge in [0.05, 0.1) is 19.8 Å². The van der Waals surface area contributed by atoms with Gasteiger partial charge in [-0.25, -0.2) is 0 Å². The molecule has 0 saturated carbocycles. The third-order valence-electron chi connectivity index (χ3n) is 3.35. The minimum absolute atomic E-state index is 0.146. The van der Waals surface area contributed by atoms with Crippen LogP contribution < -0.4 is 14.2 Å². The lowest BCUT2D eigenvalue weighted by atomic mass is 10.1. The standard InChI is InChI=1S/C20H20O4/c1-4-13-24-20-14-17(23-3)10-11-18(20)19(21)12-7-15-5-8-16(22-2)9-6-15/h4-12,14H,1,13H2,2-3H3/b12-7+. The predicted molar refractivity (Wildman–Crippen MR) is 95.0 cm³/mol. The molecule has 0 spiro atoms. The molecule has 0 heterocycles. The zero-order chi connectivity index (χ0) is 17.4. The van der Waals surface area contributed by atoms with Crippen molar-refractivity contribution in [2.24, 2.45) is 0 Å². The fraction of sp³-hybridized carbons (Fsp3) is 0.150. The summed E-state index contributed by atoms with van der Waals surface area (Å²) < 4.78 is 15.8. The van der Waals surface area contributed by atoms with Crippen molar-refractivity contribution in [2.75, 3.05) is 20.8 Å². The third-order valence-corrected chi connectivity index (χ3v) is 3.35. The second-order valence-electron chi connectivity index (χ2n) is 4.93. The SMILES string of the molecule is C=CCOc1cc(OC)ccc1C(=O)/C=C/c1ccc(OC)cc1. The minimum atomic E-state index is -0.146. The Hall–Kier alpha value is -3.01. The number of hydrogen-bond donors (Lipinski definition) is 0. The number of carbonyl (C=O) groups excluding carboxylic acids is 1. The number of hydrogen-bond acceptors (Lipinski definition) is 4. The van der Waals surface area contributed by atoms with E-state index in [1.165, 1.54) is 6.08 Å². The van der Waals surface area contributed by atoms with Gasteiger partial charge in [-0.05, 0) is 35.9 Å². The van der Waals surface area contributed by atoms with Crippen LogP contribution in [0.2, 0.25) is 0 Å². The third kappa shape index (κ3) is 4.49. The van der Waals surface area contributed by atoms with Gasteiger partial charge in [0.15, 0.2) is 5.78 Å². The summed E-state index contributed by atoms with van der Waals surface area (Å²) in [4.78, 5) is 12.5. The van der Waals surface area contributed by atoms with Crippen LogP contribution in [0.1, 0.15) is 15.9 Å². The van der Waals surface area contributed by atoms with E-state index in [1.54, 1.807) is 44.6 Å². The van der Waals surface area contributed by atoms with Gasteiger partial charge in [-0.3, -0.25) is 4.79 Å². The van der Waals surface area contributed by atoms with Crippen molar-refractivity contribution in [3.8, 4) is 17.2 Å². The van der Waals surface area contributed by atoms with E-state index in [2.05, 4.69) is 6.58 Å². The Morgan fingerprint density at radius 3 is 2.33 bits per heavy atom. The number of allylic oxidation sites excluding steroid dienone is 1. The van der Waals surface area contributed by atoms with Crippen molar-refractivity contribution >= 4 is 11.9 Å². The van der Waals surface area contributed by atoms with Crippen LogP contribution in [0.4, 0.5) is 0 Å². The maximum absolute atomic E-state index is 12.5. The van der Waals surface area contributed by atoms with Gasteiger partial charge in [-0.15, -0.1) is 0 Å². The molecule has 0 N–H and O–H groups in total. The summed E-state index contributed by atoms with van der Waals surface area (Å²) in [6, 6.07) is 12.6. The average molecular weight is 324 g/mol. The Balaban J connectivity index is 2.20. The second-order valence-corrected chi connectivity index (χ2v) is 4.93. The van der Waals surface area contributed by atoms with Gasteiger partial charge in [-0.2, -0.15) is 0 Å². The normalized spacial score (nSPS) is 10.4. The molecule has 2 aromatic rings. The van der Waals surface area contributed by atoms with Crippen molar-refractivity contribution in [3.05, 3.63) is 72.3 Å². The van der Waals surface area contributed by atoms with Crippen LogP contribution in [0.25, 0.3) is 6.08 Å². The Labute approximate surface area is 142 Å². The molecule has 2 rings (SSSR count). The maximum Gasteiger partial charge on any atom is 0.189 e. The monoisotopic (exact) mass is 324 g/mol. The molecule has 0 aliphatic heterocycles. The molecule has 0 amide bonds. The largest absolute Gasteiger partial charge is 0.497 e. The fourth-order valence-electron chi connectivity index (χ4n) is 2.08. The summed E-state index contributed by atoms with van der Waals surface area (Å²) >= 11 is 0. The van der Waals surface area contributed by atoms with Crippen LogP contribution in [-0.2, 0) is 0 Å². The molecule has 0 saturated heterocycles. The number of ketones is 1. The predicted octanol–water partition coefficient (Wildman–Crippen LogP) is 4.16. The van der Waals surface area contributed by atoms with E-state index < -0.39 is 0 Å². The van der Waals surface area contributed by atoms with Crippen LogP contribution in [0.3, 0.4) is 0 Å². The Bertz CT molecular complexity index is 730. The van der Waals surface area contributed by atoms with Crippen molar-refractivity contribution in [3.63, 3.8) is 0 Å². The van der Waals surface area contributed by atoms with Gasteiger partial charge in [0.1, 0.15) is 23.9 Å². The van der Waals surface area contributed by atoms with Gasteiger partial charge in [0.25, 0.3) is 0 Å². The molecular weight excluding hydrogens is 304 g/mol. The first-order chi connectivity index (χ1) is 11.7. The second kappa shape index (κ2) is 8.58. The van der Waals surface area contributed by atoms with Crippen LogP contribution in [0.15, 0.2) is 61.2 Å². The molecule has 0 fully saturated rings. The fourth-order valence-corrected chi connectivity index (χ4v) is 2.08. The average Bonchev–Trinajstić information content (AvgIpc) is 2.64. The maximum atomic E-state index is 12.5. The molecule has 0 aliphatic rings. The highest BCUT2D eigenvalue weighted by molar-refractivity contribution is 6.08. The van der Waals surface area contributed by atoms with Gasteiger partial charge in [-0.1, -0.05) is 30.9 Å². The zero-order valence-corrected chi connectivity index (χ0v) is 13.8. The van der Waals surface area contributed by atoms with E-state index in [9.17, 15) is 4.79 Å². The topological polar surface area (TPSA) is 44.8 Å². The van der Waals surface area contributed by atoms with E-state index in [-0.39, 0.29) is 5.78 Å². The number of rotatable bonds is 8. The van der Waals surface area contributed by atoms with Crippen molar-refractivity contribution < 1.29 is 19.0 Å². The molecular formula is C20H20O4. The van der Waals surface area contributed by atoms with Gasteiger partial charge in [0, 0.05) is 6.07 Å². The summed E-state index contributed by atoms with van der Waals surface area (Å²) in [6.07, 6.45) is 4.90. The molecule has 0 radical (unpaired) electrons. The number of benzene rings is 2. The van der Waals surface area contributed by atoms with E-state index in [4.69, 9.17) is 14.2 Å². The van der Waals surface area contributed by atoms with Crippen molar-refractivity contribution in [1.82, 2.24) is 0 Å². The highest BCUT2D eigenvalue weighted by Crippen LogP contribution is 2.26. The first-order valence-corrected chi connectivity index (χ1v) is 7.46. The molecule has 0 aromatic heterocycles. The van der Waals surface area contributed by atoms with E-state index >= 15 is 0 Å². The molecule has 4 nitrogen and oxygen atoms in total. The van der Waals surface area contributed by atoms with Crippen LogP contribution in [0.5, 0.6) is 17.2 Å². The molecule has 0 bridgehead atoms. The lowest BCUT2D eigenvalue weighted by Gasteiger charge is -2.10. The lowest BCUT2D eigenvalue weighted by Crippen LogP contribution is -2.02. The minimum Gasteiger partial charge on any atom is -0.497 e. The highest BCUT2D eigenvalue weighted by Gasteiger charge is 2.11. The zero-order valence-electron chi connectivity index (χ0n) is 13.8. The lowest BCUT2D eigenvalue weighted by molar-refractivity contribution is 0.104. The molecule has 0 unspecified atom stereocenters. The summed E-state index contributed by atoms with van der Waals surface area (Å²) in [5.74, 6) is 1.73. The van der Waals surface area contributed by atoms with Gasteiger partial charge >= 0.3 is 0 Å². The summed E-state index contributed by atoms with van der Waals surface area (Å²) in [5, 5.41) is 0. The van der Waals surface area contributed by atoms with Crippen molar-refractivity contribution in [2.45, 2.75) is 0 Å². The Morgan fingerprint density at radius 1 is 1.04 bits per heavy atom. The molecule has 2 aromatic carbocycles. The quantitative estimate of drug-likeness (QED) is 0.415. The van der Waals surface area contributed by atoms with E-state index in [1.807, 2.05) is 24.3 Å². The van der Waals surface area contributed by atoms with E-state index in [0.29, 0.717) is 23.7 Å². The van der Waals surface area contributed by atoms with Crippen molar-refractivity contribution in [1.29, 1.82) is 0 Å². The summed E-state index contributed by atoms with van der Waals surface area (Å²) in [7, 11) is 3.18. The van der Waals surface area contributed by atoms with Crippen LogP contribution in [-0.4, -0.2) is 26.6 Å². The number of carbonyl (C=O) groups is 1. The Kier molecular flexibility index (Phi) is 6.20. The number of methoxy groups -OCH3 is 2. The smallest absolute Gasteiger partial charge is 0.189 e.